The van der Waals surface area contributed by atoms with E-state index in [2.05, 4.69) is 10.7 Å². The summed E-state index contributed by atoms with van der Waals surface area (Å²) in [7, 11) is 3.38. The number of halogens is 3. The Morgan fingerprint density at radius 1 is 1.12 bits per heavy atom. The molecule has 0 aliphatic rings. The highest BCUT2D eigenvalue weighted by atomic mass is 35.5. The van der Waals surface area contributed by atoms with Gasteiger partial charge in [-0.15, -0.1) is 0 Å². The Hall–Kier alpha value is -0.680. The van der Waals surface area contributed by atoms with Crippen LogP contribution in [0.4, 0.5) is 10.5 Å². The fourth-order valence-electron chi connectivity index (χ4n) is 0.972. The summed E-state index contributed by atoms with van der Waals surface area (Å²) in [6.45, 7) is 0. The summed E-state index contributed by atoms with van der Waals surface area (Å²) < 4.78 is 0. The van der Waals surface area contributed by atoms with Crippen LogP contribution >= 0.6 is 34.8 Å². The van der Waals surface area contributed by atoms with E-state index in [0.29, 0.717) is 20.8 Å². The maximum Gasteiger partial charge on any atom is 0.333 e. The molecule has 0 saturated carbocycles. The van der Waals surface area contributed by atoms with Crippen LogP contribution in [0.25, 0.3) is 0 Å². The van der Waals surface area contributed by atoms with Gasteiger partial charge in [0.15, 0.2) is 0 Å². The lowest BCUT2D eigenvalue weighted by atomic mass is 10.3. The zero-order valence-electron chi connectivity index (χ0n) is 8.64. The molecule has 1 aromatic carbocycles. The number of carbonyl (C=O) groups is 1. The lowest BCUT2D eigenvalue weighted by Gasteiger charge is -2.14. The van der Waals surface area contributed by atoms with Crippen molar-refractivity contribution in [3.8, 4) is 0 Å². The van der Waals surface area contributed by atoms with Crippen LogP contribution in [-0.2, 0) is 0 Å². The Morgan fingerprint density at radius 2 is 1.69 bits per heavy atom. The van der Waals surface area contributed by atoms with Gasteiger partial charge < -0.3 is 5.32 Å². The van der Waals surface area contributed by atoms with Gasteiger partial charge in [0.2, 0.25) is 0 Å². The van der Waals surface area contributed by atoms with Crippen molar-refractivity contribution in [3.05, 3.63) is 27.2 Å². The number of nitrogens with one attached hydrogen (secondary N) is 2. The van der Waals surface area contributed by atoms with Crippen LogP contribution in [0.5, 0.6) is 0 Å². The molecule has 0 heterocycles. The first-order valence-electron chi connectivity index (χ1n) is 4.29. The van der Waals surface area contributed by atoms with Gasteiger partial charge in [0.05, 0.1) is 20.8 Å². The Morgan fingerprint density at radius 3 is 2.25 bits per heavy atom. The number of anilines is 1. The summed E-state index contributed by atoms with van der Waals surface area (Å²) in [4.78, 5) is 11.4. The van der Waals surface area contributed by atoms with Gasteiger partial charge in [0.25, 0.3) is 0 Å². The average molecular weight is 283 g/mol. The number of carbonyl (C=O) groups excluding carboxylic acids is 1. The maximum atomic E-state index is 11.4. The van der Waals surface area contributed by atoms with Crippen LogP contribution in [0.15, 0.2) is 12.1 Å². The Balaban J connectivity index is 2.81. The van der Waals surface area contributed by atoms with E-state index in [1.54, 1.807) is 14.1 Å². The van der Waals surface area contributed by atoms with Gasteiger partial charge in [-0.2, -0.15) is 0 Å². The number of hydrazine groups is 1. The van der Waals surface area contributed by atoms with E-state index in [9.17, 15) is 4.79 Å². The second kappa shape index (κ2) is 5.59. The first-order chi connectivity index (χ1) is 7.40. The zero-order chi connectivity index (χ0) is 12.3. The second-order valence-corrected chi connectivity index (χ2v) is 4.43. The first kappa shape index (κ1) is 13.4. The Bertz CT molecular complexity index is 409. The fraction of sp³-hybridized carbons (Fsp3) is 0.222. The van der Waals surface area contributed by atoms with E-state index in [-0.39, 0.29) is 0 Å². The minimum absolute atomic E-state index is 0.323. The lowest BCUT2D eigenvalue weighted by molar-refractivity contribution is 0.224. The third kappa shape index (κ3) is 3.72. The van der Waals surface area contributed by atoms with Crippen molar-refractivity contribution in [2.45, 2.75) is 0 Å². The standard InChI is InChI=1S/C9H10Cl3N3O/c1-15(2)14-9(16)13-8-4-6(11)5(10)3-7(8)12/h3-4H,1-2H3,(H2,13,14,16). The predicted octanol–water partition coefficient (Wildman–Crippen LogP) is 3.24. The lowest BCUT2D eigenvalue weighted by Crippen LogP contribution is -2.39. The summed E-state index contributed by atoms with van der Waals surface area (Å²) in [5.41, 5.74) is 2.90. The minimum Gasteiger partial charge on any atom is -0.305 e. The Kier molecular flexibility index (Phi) is 4.68. The van der Waals surface area contributed by atoms with Crippen molar-refractivity contribution in [2.75, 3.05) is 19.4 Å². The van der Waals surface area contributed by atoms with Crippen molar-refractivity contribution < 1.29 is 4.79 Å². The topological polar surface area (TPSA) is 44.4 Å². The van der Waals surface area contributed by atoms with Crippen molar-refractivity contribution in [3.63, 3.8) is 0 Å². The average Bonchev–Trinajstić information content (AvgIpc) is 2.12. The molecule has 1 aromatic rings. The third-order valence-electron chi connectivity index (χ3n) is 1.58. The van der Waals surface area contributed by atoms with E-state index in [1.807, 2.05) is 0 Å². The summed E-state index contributed by atoms with van der Waals surface area (Å²) in [5, 5.41) is 5.03. The van der Waals surface area contributed by atoms with Gasteiger partial charge in [-0.3, -0.25) is 5.43 Å². The van der Waals surface area contributed by atoms with E-state index >= 15 is 0 Å². The smallest absolute Gasteiger partial charge is 0.305 e. The molecule has 2 N–H and O–H groups in total. The molecule has 0 saturated heterocycles. The molecular formula is C9H10Cl3N3O. The molecule has 2 amide bonds. The fourth-order valence-corrected chi connectivity index (χ4v) is 1.57. The third-order valence-corrected chi connectivity index (χ3v) is 2.62. The normalized spacial score (nSPS) is 10.4. The molecule has 0 aromatic heterocycles. The van der Waals surface area contributed by atoms with Crippen LogP contribution in [0.1, 0.15) is 0 Å². The molecule has 0 radical (unpaired) electrons. The van der Waals surface area contributed by atoms with E-state index in [0.717, 1.165) is 0 Å². The molecule has 4 nitrogen and oxygen atoms in total. The number of nitrogens with zero attached hydrogens (tertiary/aromatic N) is 1. The maximum absolute atomic E-state index is 11.4. The monoisotopic (exact) mass is 281 g/mol. The van der Waals surface area contributed by atoms with E-state index in [1.165, 1.54) is 17.1 Å². The summed E-state index contributed by atoms with van der Waals surface area (Å²) in [5.74, 6) is 0. The SMILES string of the molecule is CN(C)NC(=O)Nc1cc(Cl)c(Cl)cc1Cl. The summed E-state index contributed by atoms with van der Waals surface area (Å²) in [6.07, 6.45) is 0. The van der Waals surface area contributed by atoms with Gasteiger partial charge in [0.1, 0.15) is 0 Å². The molecule has 16 heavy (non-hydrogen) atoms. The van der Waals surface area contributed by atoms with Crippen LogP contribution in [0.3, 0.4) is 0 Å². The second-order valence-electron chi connectivity index (χ2n) is 3.21. The highest BCUT2D eigenvalue weighted by Crippen LogP contribution is 2.32. The summed E-state index contributed by atoms with van der Waals surface area (Å²) >= 11 is 17.4. The van der Waals surface area contributed by atoms with E-state index in [4.69, 9.17) is 34.8 Å². The van der Waals surface area contributed by atoms with Crippen LogP contribution < -0.4 is 10.7 Å². The first-order valence-corrected chi connectivity index (χ1v) is 5.43. The molecule has 88 valence electrons. The molecule has 0 aliphatic heterocycles. The number of hydrogen-bond acceptors (Lipinski definition) is 2. The molecule has 0 unspecified atom stereocenters. The van der Waals surface area contributed by atoms with Crippen molar-refractivity contribution in [1.82, 2.24) is 10.4 Å². The van der Waals surface area contributed by atoms with Gasteiger partial charge in [-0.25, -0.2) is 9.80 Å². The molecule has 1 rings (SSSR count). The molecule has 0 aliphatic carbocycles. The highest BCUT2D eigenvalue weighted by Gasteiger charge is 2.09. The molecule has 0 bridgehead atoms. The quantitative estimate of drug-likeness (QED) is 0.646. The highest BCUT2D eigenvalue weighted by molar-refractivity contribution is 6.44. The largest absolute Gasteiger partial charge is 0.333 e. The van der Waals surface area contributed by atoms with Gasteiger partial charge in [-0.1, -0.05) is 34.8 Å². The van der Waals surface area contributed by atoms with Crippen molar-refractivity contribution in [2.24, 2.45) is 0 Å². The van der Waals surface area contributed by atoms with Gasteiger partial charge in [-0.05, 0) is 12.1 Å². The van der Waals surface area contributed by atoms with Crippen molar-refractivity contribution in [1.29, 1.82) is 0 Å². The van der Waals surface area contributed by atoms with Gasteiger partial charge in [0, 0.05) is 14.1 Å². The van der Waals surface area contributed by atoms with Crippen LogP contribution in [-0.4, -0.2) is 25.1 Å². The van der Waals surface area contributed by atoms with Crippen LogP contribution in [0, 0.1) is 0 Å². The minimum atomic E-state index is -0.412. The molecule has 0 spiro atoms. The van der Waals surface area contributed by atoms with Gasteiger partial charge >= 0.3 is 6.03 Å². The van der Waals surface area contributed by atoms with Crippen LogP contribution in [0.2, 0.25) is 15.1 Å². The number of amides is 2. The number of urea groups is 1. The number of rotatable bonds is 2. The predicted molar refractivity (Wildman–Crippen MR) is 67.3 cm³/mol. The molecule has 0 fully saturated rings. The molecule has 0 atom stereocenters. The Labute approximate surface area is 108 Å². The molecular weight excluding hydrogens is 272 g/mol. The zero-order valence-corrected chi connectivity index (χ0v) is 10.9. The number of hydrogen-bond donors (Lipinski definition) is 2. The number of benzene rings is 1. The van der Waals surface area contributed by atoms with Crippen molar-refractivity contribution >= 4 is 46.5 Å². The summed E-state index contributed by atoms with van der Waals surface area (Å²) in [6, 6.07) is 2.54. The molecule has 7 heteroatoms. The van der Waals surface area contributed by atoms with E-state index < -0.39 is 6.03 Å².